The molecule has 0 aliphatic carbocycles. The minimum atomic E-state index is -0.182. The number of para-hydroxylation sites is 1. The van der Waals surface area contributed by atoms with Gasteiger partial charge in [0, 0.05) is 6.54 Å². The summed E-state index contributed by atoms with van der Waals surface area (Å²) in [6, 6.07) is 19.9. The molecule has 6 nitrogen and oxygen atoms in total. The van der Waals surface area contributed by atoms with Gasteiger partial charge in [0.05, 0.1) is 18.4 Å². The van der Waals surface area contributed by atoms with Crippen molar-refractivity contribution in [2.75, 3.05) is 6.54 Å². The number of aryl methyl sites for hydroxylation is 1. The first-order valence-electron chi connectivity index (χ1n) is 8.83. The van der Waals surface area contributed by atoms with E-state index in [0.717, 1.165) is 24.9 Å². The number of hydrogen-bond acceptors (Lipinski definition) is 3. The van der Waals surface area contributed by atoms with Crippen molar-refractivity contribution in [1.82, 2.24) is 25.6 Å². The summed E-state index contributed by atoms with van der Waals surface area (Å²) in [6.45, 7) is 1.01. The fourth-order valence-electron chi connectivity index (χ4n) is 2.62. The van der Waals surface area contributed by atoms with Crippen molar-refractivity contribution in [2.24, 2.45) is 0 Å². The highest BCUT2D eigenvalue weighted by Crippen LogP contribution is 2.06. The van der Waals surface area contributed by atoms with Crippen molar-refractivity contribution in [3.05, 3.63) is 78.1 Å². The number of benzene rings is 2. The zero-order valence-electron chi connectivity index (χ0n) is 14.6. The maximum Gasteiger partial charge on any atom is 0.315 e. The van der Waals surface area contributed by atoms with Gasteiger partial charge in [-0.25, -0.2) is 9.48 Å². The Morgan fingerprint density at radius 2 is 1.65 bits per heavy atom. The van der Waals surface area contributed by atoms with Gasteiger partial charge in [0.25, 0.3) is 0 Å². The molecule has 0 unspecified atom stereocenters. The van der Waals surface area contributed by atoms with E-state index in [0.29, 0.717) is 18.8 Å². The molecule has 2 N–H and O–H groups in total. The van der Waals surface area contributed by atoms with Gasteiger partial charge in [-0.1, -0.05) is 53.7 Å². The SMILES string of the molecule is O=C(NCCCCc1ccccc1)NCc1cn(-c2ccccc2)nn1. The molecule has 6 heteroatoms. The summed E-state index contributed by atoms with van der Waals surface area (Å²) in [4.78, 5) is 11.8. The van der Waals surface area contributed by atoms with Crippen LogP contribution < -0.4 is 10.6 Å². The van der Waals surface area contributed by atoms with Crippen molar-refractivity contribution < 1.29 is 4.79 Å². The molecule has 0 bridgehead atoms. The van der Waals surface area contributed by atoms with Gasteiger partial charge in [0.2, 0.25) is 0 Å². The molecule has 0 saturated carbocycles. The van der Waals surface area contributed by atoms with E-state index in [9.17, 15) is 4.79 Å². The lowest BCUT2D eigenvalue weighted by Gasteiger charge is -2.06. The van der Waals surface area contributed by atoms with Crippen LogP contribution in [0.25, 0.3) is 5.69 Å². The van der Waals surface area contributed by atoms with E-state index in [4.69, 9.17) is 0 Å². The van der Waals surface area contributed by atoms with Gasteiger partial charge in [0.1, 0.15) is 5.69 Å². The first kappa shape index (κ1) is 17.7. The molecule has 2 aromatic carbocycles. The van der Waals surface area contributed by atoms with Gasteiger partial charge in [-0.3, -0.25) is 0 Å². The second-order valence-corrected chi connectivity index (χ2v) is 6.04. The Morgan fingerprint density at radius 1 is 0.923 bits per heavy atom. The molecule has 134 valence electrons. The fraction of sp³-hybridized carbons (Fsp3) is 0.250. The molecule has 3 rings (SSSR count). The van der Waals surface area contributed by atoms with E-state index >= 15 is 0 Å². The third-order valence-electron chi connectivity index (χ3n) is 4.01. The van der Waals surface area contributed by atoms with Crippen molar-refractivity contribution in [1.29, 1.82) is 0 Å². The maximum absolute atomic E-state index is 11.8. The predicted molar refractivity (Wildman–Crippen MR) is 101 cm³/mol. The summed E-state index contributed by atoms with van der Waals surface area (Å²) in [6.07, 6.45) is 4.85. The molecule has 1 aromatic heterocycles. The van der Waals surface area contributed by atoms with Crippen LogP contribution in [0.5, 0.6) is 0 Å². The van der Waals surface area contributed by atoms with Crippen LogP contribution in [0.3, 0.4) is 0 Å². The van der Waals surface area contributed by atoms with E-state index in [1.54, 1.807) is 4.68 Å². The molecule has 0 aliphatic heterocycles. The average Bonchev–Trinajstić information content (AvgIpc) is 3.17. The molecular weight excluding hydrogens is 326 g/mol. The van der Waals surface area contributed by atoms with E-state index < -0.39 is 0 Å². The van der Waals surface area contributed by atoms with Crippen molar-refractivity contribution in [2.45, 2.75) is 25.8 Å². The van der Waals surface area contributed by atoms with Crippen molar-refractivity contribution in [3.8, 4) is 5.69 Å². The van der Waals surface area contributed by atoms with Crippen molar-refractivity contribution >= 4 is 6.03 Å². The molecule has 3 aromatic rings. The molecule has 0 radical (unpaired) electrons. The monoisotopic (exact) mass is 349 g/mol. The maximum atomic E-state index is 11.8. The Labute approximate surface area is 153 Å². The van der Waals surface area contributed by atoms with Crippen LogP contribution in [0.15, 0.2) is 66.9 Å². The summed E-state index contributed by atoms with van der Waals surface area (Å²) < 4.78 is 1.69. The van der Waals surface area contributed by atoms with E-state index in [1.165, 1.54) is 5.56 Å². The molecule has 1 heterocycles. The number of rotatable bonds is 8. The Morgan fingerprint density at radius 3 is 2.42 bits per heavy atom. The second kappa shape index (κ2) is 9.36. The first-order valence-corrected chi connectivity index (χ1v) is 8.83. The third-order valence-corrected chi connectivity index (χ3v) is 4.01. The van der Waals surface area contributed by atoms with Crippen LogP contribution in [0.2, 0.25) is 0 Å². The summed E-state index contributed by atoms with van der Waals surface area (Å²) >= 11 is 0. The van der Waals surface area contributed by atoms with Crippen LogP contribution in [0.1, 0.15) is 24.1 Å². The standard InChI is InChI=1S/C20H23N5O/c26-20(21-14-8-7-11-17-9-3-1-4-10-17)22-15-18-16-25(24-23-18)19-12-5-2-6-13-19/h1-6,9-10,12-13,16H,7-8,11,14-15H2,(H2,21,22,26). The molecule has 2 amide bonds. The van der Waals surface area contributed by atoms with Gasteiger partial charge in [-0.15, -0.1) is 5.10 Å². The molecule has 0 saturated heterocycles. The number of carbonyl (C=O) groups excluding carboxylic acids is 1. The highest BCUT2D eigenvalue weighted by atomic mass is 16.2. The summed E-state index contributed by atoms with van der Waals surface area (Å²) in [7, 11) is 0. The minimum Gasteiger partial charge on any atom is -0.338 e. The highest BCUT2D eigenvalue weighted by molar-refractivity contribution is 5.73. The van der Waals surface area contributed by atoms with Gasteiger partial charge >= 0.3 is 6.03 Å². The van der Waals surface area contributed by atoms with Crippen LogP contribution in [-0.4, -0.2) is 27.6 Å². The topological polar surface area (TPSA) is 71.8 Å². The number of hydrogen-bond donors (Lipinski definition) is 2. The van der Waals surface area contributed by atoms with Crippen LogP contribution in [-0.2, 0) is 13.0 Å². The number of nitrogens with zero attached hydrogens (tertiary/aromatic N) is 3. The summed E-state index contributed by atoms with van der Waals surface area (Å²) in [5.74, 6) is 0. The number of unbranched alkanes of at least 4 members (excludes halogenated alkanes) is 1. The van der Waals surface area contributed by atoms with Crippen molar-refractivity contribution in [3.63, 3.8) is 0 Å². The number of nitrogens with one attached hydrogen (secondary N) is 2. The normalized spacial score (nSPS) is 10.5. The average molecular weight is 349 g/mol. The molecule has 0 atom stereocenters. The Balaban J connectivity index is 1.32. The van der Waals surface area contributed by atoms with Crippen LogP contribution in [0, 0.1) is 0 Å². The van der Waals surface area contributed by atoms with E-state index in [2.05, 4.69) is 45.2 Å². The summed E-state index contributed by atoms with van der Waals surface area (Å²) in [5.41, 5.74) is 2.99. The highest BCUT2D eigenvalue weighted by Gasteiger charge is 2.05. The van der Waals surface area contributed by atoms with Gasteiger partial charge in [0.15, 0.2) is 0 Å². The second-order valence-electron chi connectivity index (χ2n) is 6.04. The lowest BCUT2D eigenvalue weighted by molar-refractivity contribution is 0.240. The van der Waals surface area contributed by atoms with Crippen LogP contribution >= 0.6 is 0 Å². The fourth-order valence-corrected chi connectivity index (χ4v) is 2.62. The molecule has 0 spiro atoms. The van der Waals surface area contributed by atoms with Crippen LogP contribution in [0.4, 0.5) is 4.79 Å². The minimum absolute atomic E-state index is 0.182. The number of carbonyl (C=O) groups is 1. The third kappa shape index (κ3) is 5.44. The quantitative estimate of drug-likeness (QED) is 0.614. The largest absolute Gasteiger partial charge is 0.338 e. The predicted octanol–water partition coefficient (Wildman–Crippen LogP) is 3.09. The number of urea groups is 1. The van der Waals surface area contributed by atoms with E-state index in [1.807, 2.05) is 42.6 Å². The Hall–Kier alpha value is -3.15. The van der Waals surface area contributed by atoms with Gasteiger partial charge < -0.3 is 10.6 Å². The molecule has 0 aliphatic rings. The number of aromatic nitrogens is 3. The number of amides is 2. The Bertz CT molecular complexity index is 801. The summed E-state index contributed by atoms with van der Waals surface area (Å²) in [5, 5.41) is 13.8. The van der Waals surface area contributed by atoms with Gasteiger partial charge in [-0.05, 0) is 37.0 Å². The molecule has 26 heavy (non-hydrogen) atoms. The zero-order chi connectivity index (χ0) is 18.0. The first-order chi connectivity index (χ1) is 12.8. The molecular formula is C20H23N5O. The van der Waals surface area contributed by atoms with Gasteiger partial charge in [-0.2, -0.15) is 0 Å². The zero-order valence-corrected chi connectivity index (χ0v) is 14.6. The molecule has 0 fully saturated rings. The Kier molecular flexibility index (Phi) is 6.36. The lowest BCUT2D eigenvalue weighted by atomic mass is 10.1. The van der Waals surface area contributed by atoms with E-state index in [-0.39, 0.29) is 6.03 Å². The smallest absolute Gasteiger partial charge is 0.315 e. The lowest BCUT2D eigenvalue weighted by Crippen LogP contribution is -2.35.